The quantitative estimate of drug-likeness (QED) is 0.530. The van der Waals surface area contributed by atoms with E-state index in [4.69, 9.17) is 10.5 Å². The van der Waals surface area contributed by atoms with E-state index < -0.39 is 0 Å². The highest BCUT2D eigenvalue weighted by Gasteiger charge is 2.06. The average Bonchev–Trinajstić information content (AvgIpc) is 3.22. The Labute approximate surface area is 182 Å². The molecule has 0 spiro atoms. The molecule has 0 fully saturated rings. The van der Waals surface area contributed by atoms with Gasteiger partial charge in [-0.15, -0.1) is 0 Å². The largest absolute Gasteiger partial charge is 0.484 e. The summed E-state index contributed by atoms with van der Waals surface area (Å²) >= 11 is 0. The molecular weight excluding hydrogens is 388 g/mol. The number of carbonyl (C=O) groups is 1. The Kier molecular flexibility index (Phi) is 7.06. The number of allylic oxidation sites excluding steroid dienone is 4. The zero-order chi connectivity index (χ0) is 22.2. The van der Waals surface area contributed by atoms with Gasteiger partial charge in [0.2, 0.25) is 0 Å². The molecule has 0 saturated heterocycles. The van der Waals surface area contributed by atoms with Gasteiger partial charge in [0.1, 0.15) is 5.75 Å². The number of anilines is 1. The molecule has 0 radical (unpaired) electrons. The van der Waals surface area contributed by atoms with E-state index in [9.17, 15) is 4.79 Å². The number of hydrogen-bond donors (Lipinski definition) is 2. The van der Waals surface area contributed by atoms with Crippen LogP contribution >= 0.6 is 0 Å². The molecule has 3 rings (SSSR count). The van der Waals surface area contributed by atoms with Crippen LogP contribution < -0.4 is 15.8 Å². The van der Waals surface area contributed by atoms with Gasteiger partial charge in [-0.05, 0) is 72.7 Å². The van der Waals surface area contributed by atoms with Gasteiger partial charge in [0.15, 0.2) is 6.61 Å². The maximum Gasteiger partial charge on any atom is 0.262 e. The van der Waals surface area contributed by atoms with Gasteiger partial charge in [-0.25, -0.2) is 0 Å². The summed E-state index contributed by atoms with van der Waals surface area (Å²) < 4.78 is 7.40. The molecule has 6 nitrogen and oxygen atoms in total. The normalized spacial score (nSPS) is 11.8. The number of amides is 1. The van der Waals surface area contributed by atoms with Crippen molar-refractivity contribution in [3.8, 4) is 17.0 Å². The number of rotatable bonds is 8. The lowest BCUT2D eigenvalue weighted by Gasteiger charge is -2.09. The number of aryl methyl sites for hydroxylation is 1. The molecule has 0 aliphatic carbocycles. The van der Waals surface area contributed by atoms with Gasteiger partial charge in [0.05, 0.1) is 5.69 Å². The molecule has 31 heavy (non-hydrogen) atoms. The summed E-state index contributed by atoms with van der Waals surface area (Å²) in [4.78, 5) is 12.2. The van der Waals surface area contributed by atoms with Crippen LogP contribution in [0.1, 0.15) is 12.5 Å². The minimum absolute atomic E-state index is 0.0721. The van der Waals surface area contributed by atoms with Crippen molar-refractivity contribution in [2.24, 2.45) is 12.8 Å². The molecule has 1 amide bonds. The molecule has 6 heteroatoms. The molecule has 0 unspecified atom stereocenters. The van der Waals surface area contributed by atoms with Crippen LogP contribution in [0.25, 0.3) is 16.8 Å². The van der Waals surface area contributed by atoms with Crippen molar-refractivity contribution in [2.45, 2.75) is 6.92 Å². The molecule has 0 aliphatic rings. The number of hydrogen-bond acceptors (Lipinski definition) is 4. The lowest BCUT2D eigenvalue weighted by Crippen LogP contribution is -2.20. The van der Waals surface area contributed by atoms with E-state index in [-0.39, 0.29) is 12.5 Å². The molecule has 1 heterocycles. The van der Waals surface area contributed by atoms with Crippen LogP contribution in [0, 0.1) is 0 Å². The van der Waals surface area contributed by atoms with Crippen molar-refractivity contribution in [1.82, 2.24) is 9.78 Å². The topological polar surface area (TPSA) is 82.2 Å². The Morgan fingerprint density at radius 1 is 1.13 bits per heavy atom. The lowest BCUT2D eigenvalue weighted by atomic mass is 10.1. The van der Waals surface area contributed by atoms with Gasteiger partial charge < -0.3 is 15.8 Å². The second kappa shape index (κ2) is 10.1. The highest BCUT2D eigenvalue weighted by atomic mass is 16.5. The van der Waals surface area contributed by atoms with Crippen molar-refractivity contribution in [3.05, 3.63) is 96.9 Å². The first-order valence-corrected chi connectivity index (χ1v) is 9.84. The van der Waals surface area contributed by atoms with Crippen LogP contribution in [0.15, 0.2) is 91.3 Å². The summed E-state index contributed by atoms with van der Waals surface area (Å²) in [6, 6.07) is 17.1. The number of carbonyl (C=O) groups excluding carboxylic acids is 1. The van der Waals surface area contributed by atoms with E-state index in [0.717, 1.165) is 22.4 Å². The smallest absolute Gasteiger partial charge is 0.262 e. The van der Waals surface area contributed by atoms with Crippen molar-refractivity contribution in [2.75, 3.05) is 11.9 Å². The first-order valence-electron chi connectivity index (χ1n) is 9.84. The summed E-state index contributed by atoms with van der Waals surface area (Å²) in [5.74, 6) is 0.404. The minimum atomic E-state index is -0.225. The van der Waals surface area contributed by atoms with E-state index in [1.54, 1.807) is 23.0 Å². The Morgan fingerprint density at radius 2 is 1.84 bits per heavy atom. The van der Waals surface area contributed by atoms with Crippen LogP contribution in [0.4, 0.5) is 5.69 Å². The first kappa shape index (κ1) is 21.6. The van der Waals surface area contributed by atoms with E-state index in [1.165, 1.54) is 0 Å². The number of nitrogens with zero attached hydrogens (tertiary/aromatic N) is 2. The molecule has 0 saturated carbocycles. The van der Waals surface area contributed by atoms with E-state index in [0.29, 0.717) is 17.1 Å². The number of benzene rings is 2. The van der Waals surface area contributed by atoms with Gasteiger partial charge in [0, 0.05) is 30.2 Å². The summed E-state index contributed by atoms with van der Waals surface area (Å²) in [5, 5.41) is 7.01. The van der Waals surface area contributed by atoms with Gasteiger partial charge in [-0.3, -0.25) is 9.48 Å². The van der Waals surface area contributed by atoms with Gasteiger partial charge in [0.25, 0.3) is 5.91 Å². The highest BCUT2D eigenvalue weighted by molar-refractivity contribution is 5.92. The molecule has 0 atom stereocenters. The third-order valence-electron chi connectivity index (χ3n) is 4.73. The molecule has 158 valence electrons. The second-order valence-corrected chi connectivity index (χ2v) is 7.00. The van der Waals surface area contributed by atoms with E-state index >= 15 is 0 Å². The fraction of sp³-hybridized carbons (Fsp3) is 0.120. The van der Waals surface area contributed by atoms with Crippen LogP contribution in [-0.2, 0) is 11.8 Å². The zero-order valence-electron chi connectivity index (χ0n) is 17.7. The molecule has 0 aliphatic heterocycles. The van der Waals surface area contributed by atoms with Crippen LogP contribution in [0.3, 0.4) is 0 Å². The monoisotopic (exact) mass is 414 g/mol. The average molecular weight is 415 g/mol. The highest BCUT2D eigenvalue weighted by Crippen LogP contribution is 2.22. The lowest BCUT2D eigenvalue weighted by molar-refractivity contribution is -0.118. The molecule has 3 aromatic rings. The van der Waals surface area contributed by atoms with Crippen LogP contribution in [0.5, 0.6) is 5.75 Å². The van der Waals surface area contributed by atoms with Gasteiger partial charge in [-0.1, -0.05) is 24.8 Å². The fourth-order valence-corrected chi connectivity index (χ4v) is 2.93. The van der Waals surface area contributed by atoms with E-state index in [1.807, 2.05) is 74.6 Å². The summed E-state index contributed by atoms with van der Waals surface area (Å²) in [6.07, 6.45) is 7.08. The van der Waals surface area contributed by atoms with Crippen molar-refractivity contribution >= 4 is 17.2 Å². The zero-order valence-corrected chi connectivity index (χ0v) is 17.7. The summed E-state index contributed by atoms with van der Waals surface area (Å²) in [6.45, 7) is 5.55. The Bertz CT molecular complexity index is 1110. The van der Waals surface area contributed by atoms with Crippen molar-refractivity contribution < 1.29 is 9.53 Å². The standard InChI is InChI=1S/C25H26N4O2/c1-4-21(26)10-5-18(2)19-6-11-22(12-7-19)28-25(30)17-31-23-13-8-20(9-14-23)24-15-16-27-29(24)3/h4-16H,1,17,26H2,2-3H3,(H,28,30)/b18-5+,21-10-. The first-order chi connectivity index (χ1) is 15.0. The third kappa shape index (κ3) is 5.96. The molecule has 2 aromatic carbocycles. The molecule has 3 N–H and O–H groups in total. The number of nitrogens with two attached hydrogens (primary N) is 1. The van der Waals surface area contributed by atoms with Crippen molar-refractivity contribution in [3.63, 3.8) is 0 Å². The Hall–Kier alpha value is -4.06. The van der Waals surface area contributed by atoms with Crippen LogP contribution in [0.2, 0.25) is 0 Å². The molecule has 0 bridgehead atoms. The maximum absolute atomic E-state index is 12.2. The summed E-state index contributed by atoms with van der Waals surface area (Å²) in [5.41, 5.74) is 11.2. The van der Waals surface area contributed by atoms with Gasteiger partial charge >= 0.3 is 0 Å². The van der Waals surface area contributed by atoms with Gasteiger partial charge in [-0.2, -0.15) is 5.10 Å². The minimum Gasteiger partial charge on any atom is -0.484 e. The van der Waals surface area contributed by atoms with Crippen molar-refractivity contribution in [1.29, 1.82) is 0 Å². The Morgan fingerprint density at radius 3 is 2.45 bits per heavy atom. The maximum atomic E-state index is 12.2. The Balaban J connectivity index is 1.53. The second-order valence-electron chi connectivity index (χ2n) is 7.00. The molecular formula is C25H26N4O2. The van der Waals surface area contributed by atoms with E-state index in [2.05, 4.69) is 17.0 Å². The molecule has 1 aromatic heterocycles. The SMILES string of the molecule is C=C/C(N)=C/C=C(\C)c1ccc(NC(=O)COc2ccc(-c3ccnn3C)cc2)cc1. The number of nitrogens with one attached hydrogen (secondary N) is 1. The summed E-state index contributed by atoms with van der Waals surface area (Å²) in [7, 11) is 1.89. The number of aromatic nitrogens is 2. The third-order valence-corrected chi connectivity index (χ3v) is 4.73. The predicted molar refractivity (Wildman–Crippen MR) is 125 cm³/mol. The predicted octanol–water partition coefficient (Wildman–Crippen LogP) is 4.54. The number of ether oxygens (including phenoxy) is 1. The fourth-order valence-electron chi connectivity index (χ4n) is 2.93. The van der Waals surface area contributed by atoms with Crippen LogP contribution in [-0.4, -0.2) is 22.3 Å².